The molecule has 0 spiro atoms. The van der Waals surface area contributed by atoms with Crippen LogP contribution in [0.3, 0.4) is 0 Å². The van der Waals surface area contributed by atoms with Crippen molar-refractivity contribution in [2.45, 2.75) is 32.4 Å². The van der Waals surface area contributed by atoms with Gasteiger partial charge in [0.15, 0.2) is 0 Å². The zero-order valence-electron chi connectivity index (χ0n) is 10.1. The quantitative estimate of drug-likeness (QED) is 0.873. The van der Waals surface area contributed by atoms with E-state index in [0.717, 1.165) is 31.7 Å². The third-order valence-electron chi connectivity index (χ3n) is 3.24. The highest BCUT2D eigenvalue weighted by Gasteiger charge is 2.25. The second-order valence-electron chi connectivity index (χ2n) is 4.41. The zero-order valence-corrected chi connectivity index (χ0v) is 10.9. The van der Waals surface area contributed by atoms with E-state index in [1.165, 1.54) is 11.3 Å². The van der Waals surface area contributed by atoms with Gasteiger partial charge in [-0.2, -0.15) is 5.26 Å². The molecule has 2 unspecified atom stereocenters. The van der Waals surface area contributed by atoms with Gasteiger partial charge in [-0.3, -0.25) is 0 Å². The minimum Gasteiger partial charge on any atom is -0.378 e. The van der Waals surface area contributed by atoms with Gasteiger partial charge in [0.2, 0.25) is 0 Å². The second-order valence-corrected chi connectivity index (χ2v) is 5.41. The van der Waals surface area contributed by atoms with Crippen LogP contribution >= 0.6 is 11.3 Å². The van der Waals surface area contributed by atoms with Crippen molar-refractivity contribution in [3.05, 3.63) is 21.9 Å². The van der Waals surface area contributed by atoms with E-state index in [1.54, 1.807) is 11.3 Å². The first-order valence-corrected chi connectivity index (χ1v) is 7.01. The molecule has 1 aromatic heterocycles. The van der Waals surface area contributed by atoms with Crippen LogP contribution in [0.15, 0.2) is 11.4 Å². The number of nitrogens with one attached hydrogen (secondary N) is 1. The van der Waals surface area contributed by atoms with Crippen molar-refractivity contribution in [2.75, 3.05) is 13.2 Å². The molecule has 1 aliphatic rings. The predicted octanol–water partition coefficient (Wildman–Crippen LogP) is 2.52. The van der Waals surface area contributed by atoms with Crippen LogP contribution < -0.4 is 5.32 Å². The van der Waals surface area contributed by atoms with E-state index < -0.39 is 0 Å². The highest BCUT2D eigenvalue weighted by Crippen LogP contribution is 2.22. The van der Waals surface area contributed by atoms with Gasteiger partial charge in [-0.15, -0.1) is 11.3 Å². The summed E-state index contributed by atoms with van der Waals surface area (Å²) in [6.45, 7) is 4.96. The second kappa shape index (κ2) is 6.15. The van der Waals surface area contributed by atoms with Gasteiger partial charge in [-0.05, 0) is 24.8 Å². The molecule has 2 heterocycles. The Morgan fingerprint density at radius 3 is 3.24 bits per heavy atom. The summed E-state index contributed by atoms with van der Waals surface area (Å²) in [6.07, 6.45) is 2.70. The third-order valence-corrected chi connectivity index (χ3v) is 4.17. The number of rotatable bonds is 5. The maximum atomic E-state index is 8.74. The lowest BCUT2D eigenvalue weighted by Gasteiger charge is -2.16. The van der Waals surface area contributed by atoms with Crippen molar-refractivity contribution in [1.29, 1.82) is 5.26 Å². The number of hydrogen-bond acceptors (Lipinski definition) is 4. The number of thiophene rings is 1. The average molecular weight is 250 g/mol. The maximum absolute atomic E-state index is 8.74. The zero-order chi connectivity index (χ0) is 12.1. The van der Waals surface area contributed by atoms with Crippen LogP contribution in [0.5, 0.6) is 0 Å². The molecule has 17 heavy (non-hydrogen) atoms. The van der Waals surface area contributed by atoms with Gasteiger partial charge in [0.25, 0.3) is 0 Å². The smallest absolute Gasteiger partial charge is 0.100 e. The molecule has 0 bridgehead atoms. The monoisotopic (exact) mass is 250 g/mol. The summed E-state index contributed by atoms with van der Waals surface area (Å²) in [5, 5.41) is 14.1. The largest absolute Gasteiger partial charge is 0.378 e. The summed E-state index contributed by atoms with van der Waals surface area (Å²) >= 11 is 1.65. The number of hydrogen-bond donors (Lipinski definition) is 1. The summed E-state index contributed by atoms with van der Waals surface area (Å²) in [5.74, 6) is 0.649. The van der Waals surface area contributed by atoms with E-state index in [0.29, 0.717) is 12.0 Å². The lowest BCUT2D eigenvalue weighted by Crippen LogP contribution is -2.27. The average Bonchev–Trinajstić information content (AvgIpc) is 2.97. The first-order chi connectivity index (χ1) is 8.33. The Labute approximate surface area is 106 Å². The lowest BCUT2D eigenvalue weighted by molar-refractivity contribution is 0.0872. The van der Waals surface area contributed by atoms with Crippen LogP contribution in [0.25, 0.3) is 0 Å². The minimum atomic E-state index is 0.431. The van der Waals surface area contributed by atoms with E-state index in [2.05, 4.69) is 18.3 Å². The Morgan fingerprint density at radius 2 is 2.53 bits per heavy atom. The molecule has 0 aliphatic carbocycles. The molecule has 1 aliphatic heterocycles. The molecule has 0 radical (unpaired) electrons. The molecule has 1 saturated heterocycles. The van der Waals surface area contributed by atoms with E-state index in [-0.39, 0.29) is 0 Å². The van der Waals surface area contributed by atoms with Crippen LogP contribution in [0.2, 0.25) is 0 Å². The van der Waals surface area contributed by atoms with E-state index in [9.17, 15) is 0 Å². The molecule has 1 aromatic rings. The van der Waals surface area contributed by atoms with Gasteiger partial charge in [-0.1, -0.05) is 6.92 Å². The Morgan fingerprint density at radius 1 is 1.65 bits per heavy atom. The van der Waals surface area contributed by atoms with Gasteiger partial charge in [0.05, 0.1) is 11.7 Å². The number of ether oxygens (including phenoxy) is 1. The van der Waals surface area contributed by atoms with Gasteiger partial charge < -0.3 is 10.1 Å². The lowest BCUT2D eigenvalue weighted by atomic mass is 10.00. The molecular formula is C13H18N2OS. The van der Waals surface area contributed by atoms with Crippen LogP contribution in [-0.4, -0.2) is 19.3 Å². The minimum absolute atomic E-state index is 0.431. The van der Waals surface area contributed by atoms with E-state index >= 15 is 0 Å². The Bertz CT molecular complexity index is 396. The highest BCUT2D eigenvalue weighted by atomic mass is 32.1. The van der Waals surface area contributed by atoms with Crippen molar-refractivity contribution in [2.24, 2.45) is 5.92 Å². The summed E-state index contributed by atoms with van der Waals surface area (Å²) in [5.41, 5.74) is 0.766. The van der Waals surface area contributed by atoms with Crippen LogP contribution in [0.1, 0.15) is 30.2 Å². The first-order valence-electron chi connectivity index (χ1n) is 6.13. The van der Waals surface area contributed by atoms with Crippen molar-refractivity contribution in [3.8, 4) is 6.07 Å². The Balaban J connectivity index is 1.74. The maximum Gasteiger partial charge on any atom is 0.100 e. The SMILES string of the molecule is CCC1OCCC1CNCc1cc(C#N)cs1. The molecule has 92 valence electrons. The standard InChI is InChI=1S/C13H18N2OS/c1-2-13-11(3-4-16-13)7-15-8-12-5-10(6-14)9-17-12/h5,9,11,13,15H,2-4,7-8H2,1H3. The van der Waals surface area contributed by atoms with Gasteiger partial charge in [-0.25, -0.2) is 0 Å². The Kier molecular flexibility index (Phi) is 4.55. The molecular weight excluding hydrogens is 232 g/mol. The van der Waals surface area contributed by atoms with Crippen LogP contribution in [0, 0.1) is 17.2 Å². The van der Waals surface area contributed by atoms with Gasteiger partial charge in [0.1, 0.15) is 6.07 Å². The fourth-order valence-corrected chi connectivity index (χ4v) is 3.07. The number of nitrogens with zero attached hydrogens (tertiary/aromatic N) is 1. The van der Waals surface area contributed by atoms with E-state index in [1.807, 2.05) is 11.4 Å². The normalized spacial score (nSPS) is 23.8. The topological polar surface area (TPSA) is 45.0 Å². The van der Waals surface area contributed by atoms with Crippen molar-refractivity contribution in [3.63, 3.8) is 0 Å². The van der Waals surface area contributed by atoms with Crippen LogP contribution in [0.4, 0.5) is 0 Å². The first kappa shape index (κ1) is 12.6. The van der Waals surface area contributed by atoms with Crippen molar-refractivity contribution < 1.29 is 4.74 Å². The predicted molar refractivity (Wildman–Crippen MR) is 68.9 cm³/mol. The van der Waals surface area contributed by atoms with Crippen molar-refractivity contribution in [1.82, 2.24) is 5.32 Å². The highest BCUT2D eigenvalue weighted by molar-refractivity contribution is 7.10. The Hall–Kier alpha value is -0.890. The fraction of sp³-hybridized carbons (Fsp3) is 0.615. The molecule has 2 atom stereocenters. The fourth-order valence-electron chi connectivity index (χ4n) is 2.29. The molecule has 0 saturated carbocycles. The van der Waals surface area contributed by atoms with Gasteiger partial charge >= 0.3 is 0 Å². The summed E-state index contributed by atoms with van der Waals surface area (Å²) in [7, 11) is 0. The molecule has 1 N–H and O–H groups in total. The summed E-state index contributed by atoms with van der Waals surface area (Å²) < 4.78 is 5.66. The molecule has 4 heteroatoms. The summed E-state index contributed by atoms with van der Waals surface area (Å²) in [6, 6.07) is 4.12. The molecule has 0 amide bonds. The molecule has 2 rings (SSSR count). The van der Waals surface area contributed by atoms with Crippen LogP contribution in [-0.2, 0) is 11.3 Å². The summed E-state index contributed by atoms with van der Waals surface area (Å²) in [4.78, 5) is 1.23. The van der Waals surface area contributed by atoms with Crippen molar-refractivity contribution >= 4 is 11.3 Å². The molecule has 3 nitrogen and oxygen atoms in total. The molecule has 0 aromatic carbocycles. The number of nitriles is 1. The van der Waals surface area contributed by atoms with E-state index in [4.69, 9.17) is 10.00 Å². The molecule has 1 fully saturated rings. The third kappa shape index (κ3) is 3.29. The van der Waals surface area contributed by atoms with Gasteiger partial charge in [0, 0.05) is 30.0 Å².